The average molecular weight is 367 g/mol. The average Bonchev–Trinajstić information content (AvgIpc) is 2.65. The molecule has 3 rings (SSSR count). The second kappa shape index (κ2) is 7.82. The van der Waals surface area contributed by atoms with Gasteiger partial charge in [-0.25, -0.2) is 4.39 Å². The van der Waals surface area contributed by atoms with Crippen LogP contribution in [-0.4, -0.2) is 23.0 Å². The number of methoxy groups -OCH3 is 1. The predicted molar refractivity (Wildman–Crippen MR) is 98.9 cm³/mol. The zero-order valence-corrected chi connectivity index (χ0v) is 15.1. The number of halogens is 1. The Morgan fingerprint density at radius 2 is 1.70 bits per heavy atom. The molecule has 2 aromatic carbocycles. The van der Waals surface area contributed by atoms with Crippen LogP contribution in [0.15, 0.2) is 48.5 Å². The lowest BCUT2D eigenvalue weighted by Crippen LogP contribution is -2.15. The van der Waals surface area contributed by atoms with Crippen LogP contribution in [0.5, 0.6) is 17.5 Å². The number of anilines is 1. The molecule has 138 valence electrons. The van der Waals surface area contributed by atoms with Gasteiger partial charge in [0.2, 0.25) is 0 Å². The molecule has 1 amide bonds. The number of ether oxygens (including phenoxy) is 2. The monoisotopic (exact) mass is 367 g/mol. The summed E-state index contributed by atoms with van der Waals surface area (Å²) in [6.07, 6.45) is 0. The Morgan fingerprint density at radius 1 is 1.04 bits per heavy atom. The Labute approximate surface area is 156 Å². The van der Waals surface area contributed by atoms with Crippen molar-refractivity contribution in [2.75, 3.05) is 12.4 Å². The summed E-state index contributed by atoms with van der Waals surface area (Å²) in [6.45, 7) is 3.47. The third-order valence-electron chi connectivity index (χ3n) is 3.86. The van der Waals surface area contributed by atoms with E-state index in [1.807, 2.05) is 18.2 Å². The van der Waals surface area contributed by atoms with Crippen molar-refractivity contribution in [3.63, 3.8) is 0 Å². The van der Waals surface area contributed by atoms with Gasteiger partial charge in [0, 0.05) is 5.56 Å². The molecular formula is C20H18FN3O3. The smallest absolute Gasteiger partial charge is 0.322 e. The first kappa shape index (κ1) is 18.3. The molecule has 6 nitrogen and oxygen atoms in total. The van der Waals surface area contributed by atoms with Crippen LogP contribution in [0.4, 0.5) is 10.1 Å². The van der Waals surface area contributed by atoms with Gasteiger partial charge < -0.3 is 14.8 Å². The van der Waals surface area contributed by atoms with Gasteiger partial charge in [-0.2, -0.15) is 9.97 Å². The van der Waals surface area contributed by atoms with Crippen LogP contribution in [0.25, 0.3) is 0 Å². The lowest BCUT2D eigenvalue weighted by Gasteiger charge is -2.13. The molecular weight excluding hydrogens is 349 g/mol. The van der Waals surface area contributed by atoms with Crippen LogP contribution in [0, 0.1) is 19.7 Å². The topological polar surface area (TPSA) is 73.3 Å². The molecule has 0 aliphatic rings. The highest BCUT2D eigenvalue weighted by Crippen LogP contribution is 2.24. The van der Waals surface area contributed by atoms with E-state index in [-0.39, 0.29) is 17.3 Å². The number of amides is 1. The molecule has 0 unspecified atom stereocenters. The summed E-state index contributed by atoms with van der Waals surface area (Å²) in [6, 6.07) is 13.3. The van der Waals surface area contributed by atoms with Crippen molar-refractivity contribution >= 4 is 11.6 Å². The van der Waals surface area contributed by atoms with Crippen LogP contribution in [-0.2, 0) is 0 Å². The van der Waals surface area contributed by atoms with E-state index in [2.05, 4.69) is 15.3 Å². The van der Waals surface area contributed by atoms with Crippen LogP contribution in [0.3, 0.4) is 0 Å². The fourth-order valence-corrected chi connectivity index (χ4v) is 2.50. The second-order valence-electron chi connectivity index (χ2n) is 5.77. The quantitative estimate of drug-likeness (QED) is 0.728. The third-order valence-corrected chi connectivity index (χ3v) is 3.86. The zero-order chi connectivity index (χ0) is 19.4. The van der Waals surface area contributed by atoms with Gasteiger partial charge in [0.15, 0.2) is 11.6 Å². The first-order valence-electron chi connectivity index (χ1n) is 8.21. The molecule has 3 aromatic rings. The van der Waals surface area contributed by atoms with E-state index in [4.69, 9.17) is 9.47 Å². The predicted octanol–water partition coefficient (Wildman–Crippen LogP) is 4.29. The minimum Gasteiger partial charge on any atom is -0.494 e. The Bertz CT molecular complexity index is 954. The fourth-order valence-electron chi connectivity index (χ4n) is 2.50. The zero-order valence-electron chi connectivity index (χ0n) is 15.1. The lowest BCUT2D eigenvalue weighted by atomic mass is 10.2. The second-order valence-corrected chi connectivity index (χ2v) is 5.77. The van der Waals surface area contributed by atoms with E-state index in [1.54, 1.807) is 26.0 Å². The minimum absolute atomic E-state index is 0.0738. The highest BCUT2D eigenvalue weighted by molar-refractivity contribution is 6.04. The summed E-state index contributed by atoms with van der Waals surface area (Å²) in [4.78, 5) is 21.0. The molecule has 0 radical (unpaired) electrons. The summed E-state index contributed by atoms with van der Waals surface area (Å²) >= 11 is 0. The molecule has 1 N–H and O–H groups in total. The number of benzene rings is 2. The summed E-state index contributed by atoms with van der Waals surface area (Å²) in [5.41, 5.74) is 1.69. The third kappa shape index (κ3) is 4.20. The standard InChI is InChI=1S/C20H18FN3O3/c1-12-18(24-19(25)14-9-10-17(26-3)16(21)11-14)13(2)23-20(22-12)27-15-7-5-4-6-8-15/h4-11H,1-3H3,(H,24,25). The van der Waals surface area contributed by atoms with Crippen molar-refractivity contribution in [1.82, 2.24) is 9.97 Å². The van der Waals surface area contributed by atoms with E-state index < -0.39 is 11.7 Å². The summed E-state index contributed by atoms with van der Waals surface area (Å²) < 4.78 is 24.3. The van der Waals surface area contributed by atoms with Crippen molar-refractivity contribution < 1.29 is 18.7 Å². The molecule has 0 fully saturated rings. The highest BCUT2D eigenvalue weighted by Gasteiger charge is 2.15. The number of aryl methyl sites for hydroxylation is 2. The van der Waals surface area contributed by atoms with Crippen molar-refractivity contribution in [1.29, 1.82) is 0 Å². The van der Waals surface area contributed by atoms with E-state index in [0.29, 0.717) is 22.8 Å². The number of nitrogens with one attached hydrogen (secondary N) is 1. The van der Waals surface area contributed by atoms with E-state index in [0.717, 1.165) is 6.07 Å². The number of nitrogens with zero attached hydrogens (tertiary/aromatic N) is 2. The molecule has 0 saturated carbocycles. The molecule has 0 aliphatic heterocycles. The molecule has 7 heteroatoms. The van der Waals surface area contributed by atoms with Gasteiger partial charge in [-0.15, -0.1) is 0 Å². The molecule has 27 heavy (non-hydrogen) atoms. The minimum atomic E-state index is -0.610. The van der Waals surface area contributed by atoms with Crippen LogP contribution < -0.4 is 14.8 Å². The molecule has 0 spiro atoms. The van der Waals surface area contributed by atoms with Crippen LogP contribution in [0.2, 0.25) is 0 Å². The largest absolute Gasteiger partial charge is 0.494 e. The Morgan fingerprint density at radius 3 is 2.30 bits per heavy atom. The van der Waals surface area contributed by atoms with Crippen molar-refractivity contribution in [2.45, 2.75) is 13.8 Å². The number of para-hydroxylation sites is 1. The maximum Gasteiger partial charge on any atom is 0.322 e. The molecule has 0 atom stereocenters. The maximum atomic E-state index is 13.8. The van der Waals surface area contributed by atoms with Gasteiger partial charge in [-0.1, -0.05) is 18.2 Å². The summed E-state index contributed by atoms with van der Waals surface area (Å²) in [5.74, 6) is -0.393. The number of carbonyl (C=O) groups is 1. The van der Waals surface area contributed by atoms with Gasteiger partial charge in [0.1, 0.15) is 5.75 Å². The number of carbonyl (C=O) groups excluding carboxylic acids is 1. The fraction of sp³-hybridized carbons (Fsp3) is 0.150. The van der Waals surface area contributed by atoms with E-state index in [9.17, 15) is 9.18 Å². The van der Waals surface area contributed by atoms with Crippen LogP contribution in [0.1, 0.15) is 21.7 Å². The summed E-state index contributed by atoms with van der Waals surface area (Å²) in [5, 5.41) is 2.72. The van der Waals surface area contributed by atoms with E-state index in [1.165, 1.54) is 19.2 Å². The van der Waals surface area contributed by atoms with Crippen LogP contribution >= 0.6 is 0 Å². The van der Waals surface area contributed by atoms with Gasteiger partial charge in [-0.3, -0.25) is 4.79 Å². The first-order chi connectivity index (χ1) is 13.0. The van der Waals surface area contributed by atoms with Gasteiger partial charge in [-0.05, 0) is 44.2 Å². The number of aromatic nitrogens is 2. The molecule has 0 bridgehead atoms. The SMILES string of the molecule is COc1ccc(C(=O)Nc2c(C)nc(Oc3ccccc3)nc2C)cc1F. The van der Waals surface area contributed by atoms with Gasteiger partial charge in [0.25, 0.3) is 5.91 Å². The first-order valence-corrected chi connectivity index (χ1v) is 8.21. The molecule has 1 heterocycles. The highest BCUT2D eigenvalue weighted by atomic mass is 19.1. The van der Waals surface area contributed by atoms with Crippen molar-refractivity contribution in [2.24, 2.45) is 0 Å². The normalized spacial score (nSPS) is 10.4. The number of hydrogen-bond acceptors (Lipinski definition) is 5. The van der Waals surface area contributed by atoms with Crippen molar-refractivity contribution in [3.05, 3.63) is 71.3 Å². The van der Waals surface area contributed by atoms with Gasteiger partial charge in [0.05, 0.1) is 24.2 Å². The van der Waals surface area contributed by atoms with E-state index >= 15 is 0 Å². The number of hydrogen-bond donors (Lipinski definition) is 1. The lowest BCUT2D eigenvalue weighted by molar-refractivity contribution is 0.102. The Balaban J connectivity index is 1.80. The summed E-state index contributed by atoms with van der Waals surface area (Å²) in [7, 11) is 1.36. The Kier molecular flexibility index (Phi) is 5.30. The number of rotatable bonds is 5. The Hall–Kier alpha value is -3.48. The van der Waals surface area contributed by atoms with Crippen molar-refractivity contribution in [3.8, 4) is 17.5 Å². The molecule has 0 aliphatic carbocycles. The maximum absolute atomic E-state index is 13.8. The molecule has 1 aromatic heterocycles. The molecule has 0 saturated heterocycles. The van der Waals surface area contributed by atoms with Gasteiger partial charge >= 0.3 is 6.01 Å².